The van der Waals surface area contributed by atoms with Crippen LogP contribution in [0.25, 0.3) is 0 Å². The summed E-state index contributed by atoms with van der Waals surface area (Å²) in [5.74, 6) is 0.937. The Bertz CT molecular complexity index is 284. The van der Waals surface area contributed by atoms with Crippen molar-refractivity contribution in [1.82, 2.24) is 5.32 Å². The molecule has 0 heterocycles. The fraction of sp³-hybridized carbons (Fsp3) is 0.429. The lowest BCUT2D eigenvalue weighted by Gasteiger charge is -2.16. The van der Waals surface area contributed by atoms with Gasteiger partial charge in [-0.2, -0.15) is 0 Å². The average Bonchev–Trinajstić information content (AvgIpc) is 2.35. The van der Waals surface area contributed by atoms with Crippen LogP contribution in [0.5, 0.6) is 5.75 Å². The molecular weight excluding hydrogens is 198 g/mol. The Hall–Kier alpha value is -1.28. The summed E-state index contributed by atoms with van der Waals surface area (Å²) in [6.45, 7) is 4.45. The van der Waals surface area contributed by atoms with Crippen LogP contribution in [-0.4, -0.2) is 19.7 Å². The Morgan fingerprint density at radius 1 is 1.38 bits per heavy atom. The number of para-hydroxylation sites is 1. The minimum atomic E-state index is 0.417. The number of rotatable bonds is 8. The van der Waals surface area contributed by atoms with Crippen LogP contribution >= 0.6 is 0 Å². The number of allylic oxidation sites excluding steroid dienone is 1. The van der Waals surface area contributed by atoms with Gasteiger partial charge in [-0.3, -0.25) is 0 Å². The topological polar surface area (TPSA) is 21.3 Å². The molecule has 0 aromatic heterocycles. The van der Waals surface area contributed by atoms with E-state index in [1.165, 1.54) is 0 Å². The van der Waals surface area contributed by atoms with Crippen LogP contribution in [0.3, 0.4) is 0 Å². The Morgan fingerprint density at radius 3 is 2.75 bits per heavy atom. The first-order valence-corrected chi connectivity index (χ1v) is 5.83. The zero-order valence-electron chi connectivity index (χ0n) is 9.99. The highest BCUT2D eigenvalue weighted by atomic mass is 16.5. The van der Waals surface area contributed by atoms with Crippen molar-refractivity contribution in [2.75, 3.05) is 13.7 Å². The van der Waals surface area contributed by atoms with Crippen molar-refractivity contribution < 1.29 is 4.74 Å². The second-order valence-electron chi connectivity index (χ2n) is 3.83. The lowest BCUT2D eigenvalue weighted by Crippen LogP contribution is -2.31. The van der Waals surface area contributed by atoms with Gasteiger partial charge in [0, 0.05) is 6.04 Å². The highest BCUT2D eigenvalue weighted by Crippen LogP contribution is 2.10. The molecule has 1 aromatic rings. The number of hydrogen-bond donors (Lipinski definition) is 1. The van der Waals surface area contributed by atoms with E-state index >= 15 is 0 Å². The Balaban J connectivity index is 2.25. The van der Waals surface area contributed by atoms with Gasteiger partial charge in [0.05, 0.1) is 0 Å². The van der Waals surface area contributed by atoms with E-state index in [9.17, 15) is 0 Å². The van der Waals surface area contributed by atoms with Crippen LogP contribution in [0.1, 0.15) is 19.3 Å². The van der Waals surface area contributed by atoms with E-state index in [0.29, 0.717) is 6.04 Å². The molecule has 1 unspecified atom stereocenters. The van der Waals surface area contributed by atoms with Gasteiger partial charge in [-0.1, -0.05) is 24.3 Å². The van der Waals surface area contributed by atoms with Crippen LogP contribution in [0.15, 0.2) is 43.0 Å². The van der Waals surface area contributed by atoms with Crippen molar-refractivity contribution in [1.29, 1.82) is 0 Å². The van der Waals surface area contributed by atoms with Gasteiger partial charge in [-0.15, -0.1) is 6.58 Å². The number of ether oxygens (including phenoxy) is 1. The first-order valence-electron chi connectivity index (χ1n) is 5.83. The van der Waals surface area contributed by atoms with Gasteiger partial charge in [0.1, 0.15) is 12.4 Å². The summed E-state index contributed by atoms with van der Waals surface area (Å²) >= 11 is 0. The molecule has 0 fully saturated rings. The maximum Gasteiger partial charge on any atom is 0.119 e. The van der Waals surface area contributed by atoms with E-state index in [-0.39, 0.29) is 0 Å². The molecule has 0 aliphatic heterocycles. The fourth-order valence-corrected chi connectivity index (χ4v) is 1.53. The molecule has 1 aromatic carbocycles. The maximum atomic E-state index is 5.70. The molecule has 16 heavy (non-hydrogen) atoms. The fourth-order valence-electron chi connectivity index (χ4n) is 1.53. The van der Waals surface area contributed by atoms with E-state index in [2.05, 4.69) is 11.9 Å². The van der Waals surface area contributed by atoms with Gasteiger partial charge < -0.3 is 10.1 Å². The van der Waals surface area contributed by atoms with Crippen molar-refractivity contribution in [3.8, 4) is 5.75 Å². The van der Waals surface area contributed by atoms with E-state index in [1.54, 1.807) is 0 Å². The molecule has 0 amide bonds. The quantitative estimate of drug-likeness (QED) is 0.536. The minimum Gasteiger partial charge on any atom is -0.492 e. The Morgan fingerprint density at radius 2 is 2.12 bits per heavy atom. The van der Waals surface area contributed by atoms with Gasteiger partial charge in [0.25, 0.3) is 0 Å². The summed E-state index contributed by atoms with van der Waals surface area (Å²) in [5.41, 5.74) is 0. The predicted octanol–water partition coefficient (Wildman–Crippen LogP) is 3.01. The summed E-state index contributed by atoms with van der Waals surface area (Å²) in [7, 11) is 1.98. The van der Waals surface area contributed by atoms with Gasteiger partial charge in [0.15, 0.2) is 0 Å². The first kappa shape index (κ1) is 12.8. The Kier molecular flexibility index (Phi) is 6.35. The summed E-state index contributed by atoms with van der Waals surface area (Å²) in [6, 6.07) is 10.3. The lowest BCUT2D eigenvalue weighted by molar-refractivity contribution is 0.261. The molecule has 0 bridgehead atoms. The van der Waals surface area contributed by atoms with E-state index < -0.39 is 0 Å². The van der Waals surface area contributed by atoms with Gasteiger partial charge in [-0.25, -0.2) is 0 Å². The summed E-state index contributed by atoms with van der Waals surface area (Å²) in [6.07, 6.45) is 5.32. The Labute approximate surface area is 98.3 Å². The number of hydrogen-bond acceptors (Lipinski definition) is 2. The molecular formula is C14H21NO. The maximum absolute atomic E-state index is 5.70. The third kappa shape index (κ3) is 4.99. The third-order valence-corrected chi connectivity index (χ3v) is 2.56. The van der Waals surface area contributed by atoms with Gasteiger partial charge >= 0.3 is 0 Å². The molecule has 0 aliphatic rings. The second-order valence-corrected chi connectivity index (χ2v) is 3.83. The SMILES string of the molecule is C=CCCCC(COc1ccccc1)NC. The van der Waals surface area contributed by atoms with E-state index in [0.717, 1.165) is 31.6 Å². The molecule has 1 atom stereocenters. The van der Waals surface area contributed by atoms with Crippen molar-refractivity contribution in [3.05, 3.63) is 43.0 Å². The average molecular weight is 219 g/mol. The van der Waals surface area contributed by atoms with Crippen LogP contribution in [0.4, 0.5) is 0 Å². The highest BCUT2D eigenvalue weighted by molar-refractivity contribution is 5.20. The second kappa shape index (κ2) is 7.94. The van der Waals surface area contributed by atoms with Crippen LogP contribution in [0, 0.1) is 0 Å². The molecule has 0 radical (unpaired) electrons. The molecule has 1 rings (SSSR count). The largest absolute Gasteiger partial charge is 0.492 e. The van der Waals surface area contributed by atoms with Crippen LogP contribution in [0.2, 0.25) is 0 Å². The minimum absolute atomic E-state index is 0.417. The molecule has 0 aliphatic carbocycles. The van der Waals surface area contributed by atoms with E-state index in [1.807, 2.05) is 43.5 Å². The summed E-state index contributed by atoms with van der Waals surface area (Å²) in [4.78, 5) is 0. The van der Waals surface area contributed by atoms with Crippen molar-refractivity contribution >= 4 is 0 Å². The highest BCUT2D eigenvalue weighted by Gasteiger charge is 2.05. The number of likely N-dealkylation sites (N-methyl/N-ethyl adjacent to an activating group) is 1. The normalized spacial score (nSPS) is 12.1. The molecule has 88 valence electrons. The number of nitrogens with one attached hydrogen (secondary N) is 1. The third-order valence-electron chi connectivity index (χ3n) is 2.56. The predicted molar refractivity (Wildman–Crippen MR) is 68.8 cm³/mol. The zero-order valence-corrected chi connectivity index (χ0v) is 9.99. The van der Waals surface area contributed by atoms with E-state index in [4.69, 9.17) is 4.74 Å². The van der Waals surface area contributed by atoms with Crippen LogP contribution in [-0.2, 0) is 0 Å². The molecule has 0 spiro atoms. The molecule has 2 nitrogen and oxygen atoms in total. The van der Waals surface area contributed by atoms with Crippen LogP contribution < -0.4 is 10.1 Å². The number of benzene rings is 1. The van der Waals surface area contributed by atoms with Crippen molar-refractivity contribution in [2.45, 2.75) is 25.3 Å². The molecule has 2 heteroatoms. The molecule has 0 saturated heterocycles. The van der Waals surface area contributed by atoms with Gasteiger partial charge in [-0.05, 0) is 38.4 Å². The smallest absolute Gasteiger partial charge is 0.119 e. The summed E-state index contributed by atoms with van der Waals surface area (Å²) in [5, 5.41) is 3.27. The van der Waals surface area contributed by atoms with Crippen molar-refractivity contribution in [3.63, 3.8) is 0 Å². The standard InChI is InChI=1S/C14H21NO/c1-3-4-6-9-13(15-2)12-16-14-10-7-5-8-11-14/h3,5,7-8,10-11,13,15H,1,4,6,9,12H2,2H3. The molecule has 0 saturated carbocycles. The zero-order chi connectivity index (χ0) is 11.6. The number of unbranched alkanes of at least 4 members (excludes halogenated alkanes) is 1. The molecule has 1 N–H and O–H groups in total. The van der Waals surface area contributed by atoms with Gasteiger partial charge in [0.2, 0.25) is 0 Å². The first-order chi connectivity index (χ1) is 7.86. The monoisotopic (exact) mass is 219 g/mol. The lowest BCUT2D eigenvalue weighted by atomic mass is 10.1. The van der Waals surface area contributed by atoms with Crippen molar-refractivity contribution in [2.24, 2.45) is 0 Å². The summed E-state index contributed by atoms with van der Waals surface area (Å²) < 4.78 is 5.70.